The zero-order valence-corrected chi connectivity index (χ0v) is 15.5. The minimum atomic E-state index is -1.00. The normalized spacial score (nSPS) is 10.1. The molecule has 5 N–H and O–H groups in total. The number of hydrogen-bond donors (Lipinski definition) is 4. The van der Waals surface area contributed by atoms with E-state index in [2.05, 4.69) is 0 Å². The maximum absolute atomic E-state index is 11.6. The first-order valence-corrected chi connectivity index (χ1v) is 8.27. The fourth-order valence-electron chi connectivity index (χ4n) is 2.80. The van der Waals surface area contributed by atoms with Crippen molar-refractivity contribution in [1.29, 1.82) is 5.41 Å². The number of nitrogens with two attached hydrogens (primary N) is 1. The van der Waals surface area contributed by atoms with Crippen molar-refractivity contribution in [2.75, 3.05) is 7.11 Å². The molecule has 0 bridgehead atoms. The molecular formula is C20H21N3O5. The molecule has 2 aromatic carbocycles. The highest BCUT2D eigenvalue weighted by atomic mass is 16.5. The number of benzene rings is 2. The Hall–Kier alpha value is -3.81. The third-order valence-corrected chi connectivity index (χ3v) is 3.92. The highest BCUT2D eigenvalue weighted by molar-refractivity contribution is 5.97. The zero-order chi connectivity index (χ0) is 20.8. The Bertz CT molecular complexity index is 1040. The molecule has 0 aliphatic heterocycles. The molecule has 1 heterocycles. The summed E-state index contributed by atoms with van der Waals surface area (Å²) in [4.78, 5) is 20.6. The second-order valence-electron chi connectivity index (χ2n) is 5.95. The summed E-state index contributed by atoms with van der Waals surface area (Å²) in [6.45, 7) is 1.44. The molecule has 0 atom stereocenters. The zero-order valence-electron chi connectivity index (χ0n) is 15.5. The Labute approximate surface area is 161 Å². The highest BCUT2D eigenvalue weighted by Crippen LogP contribution is 2.29. The number of aromatic nitrogens is 1. The summed E-state index contributed by atoms with van der Waals surface area (Å²) in [7, 11) is 1.56. The fraction of sp³-hybridized carbons (Fsp3) is 0.150. The highest BCUT2D eigenvalue weighted by Gasteiger charge is 2.17. The number of amidine groups is 1. The molecule has 3 rings (SSSR count). The third kappa shape index (κ3) is 4.67. The molecule has 1 aromatic heterocycles. The lowest BCUT2D eigenvalue weighted by atomic mass is 10.1. The number of carboxylic acid groups (broad SMARTS) is 2. The number of nitrogens with one attached hydrogen (secondary N) is 1. The summed E-state index contributed by atoms with van der Waals surface area (Å²) in [6, 6.07) is 14.3. The Morgan fingerprint density at radius 3 is 2.36 bits per heavy atom. The number of carbonyl (C=O) groups is 2. The Balaban J connectivity index is 0.000000640. The van der Waals surface area contributed by atoms with E-state index in [0.717, 1.165) is 23.4 Å². The van der Waals surface area contributed by atoms with Gasteiger partial charge in [-0.1, -0.05) is 24.3 Å². The summed E-state index contributed by atoms with van der Waals surface area (Å²) in [5.41, 5.74) is 7.97. The van der Waals surface area contributed by atoms with E-state index in [1.54, 1.807) is 42.0 Å². The van der Waals surface area contributed by atoms with Crippen LogP contribution in [0.4, 0.5) is 0 Å². The maximum Gasteiger partial charge on any atom is 0.352 e. The standard InChI is InChI=1S/C18H17N3O3.C2H4O2/c1-24-16-7-3-6-14-13(16)9-15(18(22)23)21(14)10-11-4-2-5-12(8-11)17(19)20;1-2(3)4/h2-9H,10H2,1H3,(H3,19,20)(H,22,23);1H3,(H,3,4). The minimum absolute atomic E-state index is 0.0191. The van der Waals surface area contributed by atoms with Crippen molar-refractivity contribution in [3.63, 3.8) is 0 Å². The van der Waals surface area contributed by atoms with E-state index >= 15 is 0 Å². The van der Waals surface area contributed by atoms with E-state index in [1.807, 2.05) is 18.2 Å². The van der Waals surface area contributed by atoms with Crippen molar-refractivity contribution in [1.82, 2.24) is 4.57 Å². The molecule has 0 spiro atoms. The predicted molar refractivity (Wildman–Crippen MR) is 105 cm³/mol. The number of aliphatic carboxylic acids is 1. The van der Waals surface area contributed by atoms with Crippen molar-refractivity contribution < 1.29 is 24.5 Å². The second-order valence-corrected chi connectivity index (χ2v) is 5.95. The van der Waals surface area contributed by atoms with Crippen LogP contribution in [0, 0.1) is 5.41 Å². The number of hydrogen-bond acceptors (Lipinski definition) is 4. The topological polar surface area (TPSA) is 139 Å². The van der Waals surface area contributed by atoms with E-state index in [1.165, 1.54) is 0 Å². The van der Waals surface area contributed by atoms with Crippen molar-refractivity contribution in [2.45, 2.75) is 13.5 Å². The van der Waals surface area contributed by atoms with Gasteiger partial charge in [0.25, 0.3) is 5.97 Å². The number of carboxylic acids is 2. The monoisotopic (exact) mass is 383 g/mol. The van der Waals surface area contributed by atoms with Crippen LogP contribution in [0.1, 0.15) is 28.5 Å². The van der Waals surface area contributed by atoms with Crippen molar-refractivity contribution in [2.24, 2.45) is 5.73 Å². The van der Waals surface area contributed by atoms with Crippen LogP contribution < -0.4 is 10.5 Å². The molecule has 0 fully saturated rings. The first-order valence-electron chi connectivity index (χ1n) is 8.27. The van der Waals surface area contributed by atoms with Gasteiger partial charge in [0, 0.05) is 24.4 Å². The minimum Gasteiger partial charge on any atom is -0.496 e. The van der Waals surface area contributed by atoms with Crippen molar-refractivity contribution in [3.05, 3.63) is 65.4 Å². The van der Waals surface area contributed by atoms with Gasteiger partial charge in [-0.3, -0.25) is 10.2 Å². The molecule has 8 heteroatoms. The van der Waals surface area contributed by atoms with Crippen molar-refractivity contribution >= 4 is 28.7 Å². The number of ether oxygens (including phenoxy) is 1. The van der Waals surface area contributed by atoms with Gasteiger partial charge in [0.1, 0.15) is 17.3 Å². The molecule has 0 aliphatic rings. The van der Waals surface area contributed by atoms with Gasteiger partial charge in [-0.2, -0.15) is 0 Å². The molecule has 0 unspecified atom stereocenters. The number of fused-ring (bicyclic) bond motifs is 1. The van der Waals surface area contributed by atoms with Gasteiger partial charge in [-0.15, -0.1) is 0 Å². The number of nitrogen functional groups attached to an aromatic ring is 1. The van der Waals surface area contributed by atoms with Gasteiger partial charge < -0.3 is 25.3 Å². The number of rotatable bonds is 5. The van der Waals surface area contributed by atoms with Crippen LogP contribution in [0.3, 0.4) is 0 Å². The Morgan fingerprint density at radius 1 is 1.14 bits per heavy atom. The van der Waals surface area contributed by atoms with E-state index < -0.39 is 11.9 Å². The summed E-state index contributed by atoms with van der Waals surface area (Å²) < 4.78 is 7.05. The lowest BCUT2D eigenvalue weighted by molar-refractivity contribution is -0.134. The molecule has 0 amide bonds. The molecule has 0 aliphatic carbocycles. The summed E-state index contributed by atoms with van der Waals surface area (Å²) >= 11 is 0. The summed E-state index contributed by atoms with van der Waals surface area (Å²) in [6.07, 6.45) is 0. The van der Waals surface area contributed by atoms with Crippen molar-refractivity contribution in [3.8, 4) is 5.75 Å². The summed E-state index contributed by atoms with van der Waals surface area (Å²) in [5.74, 6) is -1.23. The van der Waals surface area contributed by atoms with Crippen LogP contribution in [-0.2, 0) is 11.3 Å². The second kappa shape index (κ2) is 8.72. The lowest BCUT2D eigenvalue weighted by Gasteiger charge is -2.10. The molecular weight excluding hydrogens is 362 g/mol. The van der Waals surface area contributed by atoms with E-state index in [9.17, 15) is 9.90 Å². The maximum atomic E-state index is 11.6. The van der Waals surface area contributed by atoms with Crippen LogP contribution in [0.5, 0.6) is 5.75 Å². The van der Waals surface area contributed by atoms with Crippen LogP contribution in [-0.4, -0.2) is 39.7 Å². The number of aromatic carboxylic acids is 1. The molecule has 0 radical (unpaired) electrons. The average Bonchev–Trinajstić information content (AvgIpc) is 3.00. The average molecular weight is 383 g/mol. The Kier molecular flexibility index (Phi) is 6.38. The van der Waals surface area contributed by atoms with Gasteiger partial charge in [0.2, 0.25) is 0 Å². The largest absolute Gasteiger partial charge is 0.496 e. The molecule has 8 nitrogen and oxygen atoms in total. The summed E-state index contributed by atoms with van der Waals surface area (Å²) in [5, 5.41) is 25.2. The Morgan fingerprint density at radius 2 is 1.79 bits per heavy atom. The van der Waals surface area contributed by atoms with Gasteiger partial charge >= 0.3 is 5.97 Å². The molecule has 28 heavy (non-hydrogen) atoms. The van der Waals surface area contributed by atoms with Crippen LogP contribution in [0.15, 0.2) is 48.5 Å². The van der Waals surface area contributed by atoms with Gasteiger partial charge in [0.05, 0.1) is 12.6 Å². The molecule has 0 saturated heterocycles. The van der Waals surface area contributed by atoms with Gasteiger partial charge in [-0.25, -0.2) is 4.79 Å². The smallest absolute Gasteiger partial charge is 0.352 e. The van der Waals surface area contributed by atoms with Crippen LogP contribution >= 0.6 is 0 Å². The fourth-order valence-corrected chi connectivity index (χ4v) is 2.80. The first-order chi connectivity index (χ1) is 13.2. The van der Waals surface area contributed by atoms with Gasteiger partial charge in [-0.05, 0) is 29.8 Å². The lowest BCUT2D eigenvalue weighted by Crippen LogP contribution is -2.13. The van der Waals surface area contributed by atoms with Gasteiger partial charge in [0.15, 0.2) is 0 Å². The SMILES string of the molecule is CC(=O)O.COc1cccc2c1cc(C(=O)O)n2Cc1cccc(C(=N)N)c1. The van der Waals surface area contributed by atoms with E-state index in [-0.39, 0.29) is 11.5 Å². The van der Waals surface area contributed by atoms with E-state index in [0.29, 0.717) is 17.9 Å². The third-order valence-electron chi connectivity index (χ3n) is 3.92. The number of methoxy groups -OCH3 is 1. The number of nitrogens with zero attached hydrogens (tertiary/aromatic N) is 1. The quantitative estimate of drug-likeness (QED) is 0.395. The molecule has 146 valence electrons. The first kappa shape index (κ1) is 20.5. The predicted octanol–water partition coefficient (Wildman–Crippen LogP) is 2.77. The van der Waals surface area contributed by atoms with Crippen LogP contribution in [0.2, 0.25) is 0 Å². The molecule has 3 aromatic rings. The van der Waals surface area contributed by atoms with E-state index in [4.69, 9.17) is 25.8 Å². The van der Waals surface area contributed by atoms with Crippen LogP contribution in [0.25, 0.3) is 10.9 Å². The molecule has 0 saturated carbocycles.